The van der Waals surface area contributed by atoms with Gasteiger partial charge in [0, 0.05) is 23.3 Å². The zero-order chi connectivity index (χ0) is 17.7. The third-order valence-electron chi connectivity index (χ3n) is 2.86. The molecule has 24 heavy (non-hydrogen) atoms. The first-order chi connectivity index (χ1) is 11.2. The van der Waals surface area contributed by atoms with Gasteiger partial charge in [-0.05, 0) is 24.3 Å². The molecule has 0 amide bonds. The summed E-state index contributed by atoms with van der Waals surface area (Å²) >= 11 is 0. The molecule has 0 fully saturated rings. The van der Waals surface area contributed by atoms with Crippen LogP contribution in [0.25, 0.3) is 22.8 Å². The Morgan fingerprint density at radius 1 is 0.958 bits per heavy atom. The van der Waals surface area contributed by atoms with Gasteiger partial charge in [0.25, 0.3) is 0 Å². The highest BCUT2D eigenvalue weighted by Gasteiger charge is 2.09. The van der Waals surface area contributed by atoms with Crippen LogP contribution in [0.3, 0.4) is 0 Å². The number of aromatic nitrogens is 2. The highest BCUT2D eigenvalue weighted by Crippen LogP contribution is 2.25. The van der Waals surface area contributed by atoms with Crippen molar-refractivity contribution in [2.75, 3.05) is 0 Å². The molecule has 0 unspecified atom stereocenters. The van der Waals surface area contributed by atoms with Gasteiger partial charge in [-0.3, -0.25) is 0 Å². The molecule has 9 heteroatoms. The molecule has 0 aliphatic carbocycles. The zero-order valence-electron chi connectivity index (χ0n) is 12.4. The van der Waals surface area contributed by atoms with E-state index in [1.807, 2.05) is 36.1 Å². The fourth-order valence-electron chi connectivity index (χ4n) is 1.80. The van der Waals surface area contributed by atoms with Crippen molar-refractivity contribution in [3.8, 4) is 22.8 Å². The zero-order valence-corrected chi connectivity index (χ0v) is 13.1. The minimum absolute atomic E-state index is 0.265. The van der Waals surface area contributed by atoms with Crippen LogP contribution >= 0.6 is 0 Å². The van der Waals surface area contributed by atoms with Crippen LogP contribution < -0.4 is 23.2 Å². The summed E-state index contributed by atoms with van der Waals surface area (Å²) in [6.07, 6.45) is 5.50. The number of nitrogens with zero attached hydrogens (tertiary/aromatic N) is 2. The molecule has 0 N–H and O–H groups in total. The second-order valence-corrected chi connectivity index (χ2v) is 5.42. The van der Waals surface area contributed by atoms with Gasteiger partial charge in [0.05, 0.1) is 6.20 Å². The van der Waals surface area contributed by atoms with Crippen LogP contribution in [0, 0.1) is 16.1 Å². The van der Waals surface area contributed by atoms with Gasteiger partial charge in [-0.15, -0.1) is 10.2 Å². The van der Waals surface area contributed by atoms with Crippen molar-refractivity contribution >= 4 is 0 Å². The fraction of sp³-hybridized carbons (Fsp3) is 0.0667. The lowest BCUT2D eigenvalue weighted by Crippen LogP contribution is -2.68. The van der Waals surface area contributed by atoms with Gasteiger partial charge in [-0.25, -0.2) is 32.6 Å². The third-order valence-corrected chi connectivity index (χ3v) is 2.86. The van der Waals surface area contributed by atoms with Crippen molar-refractivity contribution in [3.63, 3.8) is 0 Å². The number of halogens is 2. The Balaban J connectivity index is 0.000000368. The van der Waals surface area contributed by atoms with E-state index >= 15 is 0 Å². The molecular weight excluding hydrogens is 343 g/mol. The number of hydrogen-bond donors (Lipinski definition) is 0. The highest BCUT2D eigenvalue weighted by molar-refractivity contribution is 5.60. The maximum absolute atomic E-state index is 12.9. The molecule has 1 aromatic carbocycles. The molecule has 7 nitrogen and oxygen atoms in total. The lowest BCUT2D eigenvalue weighted by molar-refractivity contribution is -2.00. The minimum atomic E-state index is -4.94. The first-order valence-corrected chi connectivity index (χ1v) is 7.75. The van der Waals surface area contributed by atoms with E-state index < -0.39 is 10.2 Å². The molecule has 3 aromatic rings. The van der Waals surface area contributed by atoms with Gasteiger partial charge in [0.15, 0.2) is 18.2 Å². The van der Waals surface area contributed by atoms with Gasteiger partial charge < -0.3 is 4.42 Å². The summed E-state index contributed by atoms with van der Waals surface area (Å²) in [7, 11) is -3.00. The summed E-state index contributed by atoms with van der Waals surface area (Å²) in [5.74, 6) is 0.919. The number of benzene rings is 1. The van der Waals surface area contributed by atoms with Gasteiger partial charge in [0.1, 0.15) is 12.9 Å². The lowest BCUT2D eigenvalue weighted by atomic mass is 10.2. The molecule has 0 radical (unpaired) electrons. The smallest absolute Gasteiger partial charge is 0.227 e. The number of hydrogen-bond acceptors (Lipinski definition) is 6. The molecule has 126 valence electrons. The van der Waals surface area contributed by atoms with Crippen molar-refractivity contribution in [2.24, 2.45) is 7.05 Å². The monoisotopic (exact) mass is 354 g/mol. The Kier molecular flexibility index (Phi) is 5.60. The van der Waals surface area contributed by atoms with E-state index in [0.29, 0.717) is 11.7 Å². The molecule has 2 aromatic heterocycles. The lowest BCUT2D eigenvalue weighted by Gasteiger charge is -2.17. The van der Waals surface area contributed by atoms with E-state index in [9.17, 15) is 4.39 Å². The molecule has 0 saturated heterocycles. The van der Waals surface area contributed by atoms with Crippen LogP contribution in [-0.4, -0.2) is 4.98 Å². The van der Waals surface area contributed by atoms with E-state index in [0.717, 1.165) is 11.1 Å². The Hall–Kier alpha value is -2.36. The number of aryl methyl sites for hydroxylation is 1. The summed E-state index contributed by atoms with van der Waals surface area (Å²) < 4.78 is 54.5. The third kappa shape index (κ3) is 5.69. The van der Waals surface area contributed by atoms with Crippen LogP contribution in [0.5, 0.6) is 0 Å². The molecule has 0 bridgehead atoms. The molecule has 0 saturated carbocycles. The number of pyridine rings is 1. The second-order valence-electron chi connectivity index (χ2n) is 4.67. The van der Waals surface area contributed by atoms with E-state index in [-0.39, 0.29) is 5.82 Å². The van der Waals surface area contributed by atoms with Gasteiger partial charge in [0.2, 0.25) is 5.89 Å². The Labute approximate surface area is 138 Å². The molecule has 0 aliphatic heterocycles. The van der Waals surface area contributed by atoms with E-state index in [1.165, 1.54) is 12.1 Å². The van der Waals surface area contributed by atoms with Crippen molar-refractivity contribution in [1.29, 1.82) is 0 Å². The fourth-order valence-corrected chi connectivity index (χ4v) is 1.80. The van der Waals surface area contributed by atoms with Crippen LogP contribution in [-0.2, 0) is 7.05 Å². The molecular formula is C15H12ClFN2O5. The van der Waals surface area contributed by atoms with Crippen LogP contribution in [0.15, 0.2) is 59.4 Å². The highest BCUT2D eigenvalue weighted by atomic mass is 35.7. The topological polar surface area (TPSA) is 122 Å². The predicted octanol–water partition coefficient (Wildman–Crippen LogP) is -1.78. The summed E-state index contributed by atoms with van der Waals surface area (Å²) in [5, 5.41) is 0. The number of rotatable bonds is 2. The largest absolute Gasteiger partial charge is 0.436 e. The summed E-state index contributed by atoms with van der Waals surface area (Å²) in [5.41, 5.74) is 1.72. The minimum Gasteiger partial charge on any atom is -0.436 e. The molecule has 0 aliphatic rings. The standard InChI is InChI=1S/C15H12FN2O.ClHO4/c1-18-8-6-12(7-9-18)15-17-10-14(19-15)11-2-4-13(16)5-3-11;2-1(3,4)5/h2-10H,1H3;(H,2,3,4,5)/q+1;/p-1. The second kappa shape index (κ2) is 7.47. The van der Waals surface area contributed by atoms with Crippen LogP contribution in [0.1, 0.15) is 0 Å². The normalized spacial score (nSPS) is 10.9. The average Bonchev–Trinajstić information content (AvgIpc) is 2.97. The number of oxazole rings is 1. The van der Waals surface area contributed by atoms with E-state index in [2.05, 4.69) is 4.98 Å². The van der Waals surface area contributed by atoms with Crippen molar-refractivity contribution < 1.29 is 42.3 Å². The molecule has 3 rings (SSSR count). The van der Waals surface area contributed by atoms with Gasteiger partial charge in [-0.2, -0.15) is 0 Å². The first-order valence-electron chi connectivity index (χ1n) is 6.51. The van der Waals surface area contributed by atoms with Crippen molar-refractivity contribution in [3.05, 3.63) is 60.8 Å². The van der Waals surface area contributed by atoms with Crippen LogP contribution in [0.4, 0.5) is 4.39 Å². The van der Waals surface area contributed by atoms with E-state index in [4.69, 9.17) is 23.1 Å². The van der Waals surface area contributed by atoms with Crippen molar-refractivity contribution in [2.45, 2.75) is 0 Å². The summed E-state index contributed by atoms with van der Waals surface area (Å²) in [4.78, 5) is 4.25. The Bertz CT molecular complexity index is 719. The maximum atomic E-state index is 12.9. The average molecular weight is 355 g/mol. The summed E-state index contributed by atoms with van der Waals surface area (Å²) in [6.45, 7) is 0. The Morgan fingerprint density at radius 3 is 2.04 bits per heavy atom. The van der Waals surface area contributed by atoms with E-state index in [1.54, 1.807) is 18.3 Å². The molecule has 0 atom stereocenters. The van der Waals surface area contributed by atoms with Gasteiger partial charge >= 0.3 is 0 Å². The molecule has 0 spiro atoms. The summed E-state index contributed by atoms with van der Waals surface area (Å²) in [6, 6.07) is 10.0. The maximum Gasteiger partial charge on any atom is 0.227 e. The molecule has 2 heterocycles. The van der Waals surface area contributed by atoms with Crippen molar-refractivity contribution in [1.82, 2.24) is 4.98 Å². The predicted molar refractivity (Wildman–Crippen MR) is 68.5 cm³/mol. The Morgan fingerprint density at radius 2 is 1.50 bits per heavy atom. The first kappa shape index (κ1) is 18.0. The SMILES string of the molecule is C[n+]1ccc(-c2ncc(-c3ccc(F)cc3)o2)cc1.[O-][Cl+3]([O-])([O-])[O-]. The van der Waals surface area contributed by atoms with Gasteiger partial charge in [-0.1, -0.05) is 0 Å². The quantitative estimate of drug-likeness (QED) is 0.501. The van der Waals surface area contributed by atoms with Crippen LogP contribution in [0.2, 0.25) is 0 Å².